The molecule has 1 aromatic carbocycles. The average Bonchev–Trinajstić information content (AvgIpc) is 2.06. The fourth-order valence-electron chi connectivity index (χ4n) is 0.928. The molecule has 0 aromatic heterocycles. The number of anilines is 1. The SMILES string of the molecule is Nc1cc(C(F)(F)F)cc([N+](=O)[O-])c1F. The van der Waals surface area contributed by atoms with Gasteiger partial charge < -0.3 is 5.73 Å². The molecule has 15 heavy (non-hydrogen) atoms. The molecule has 0 atom stereocenters. The number of nitrogen functional groups attached to an aromatic ring is 1. The number of nitro groups is 1. The topological polar surface area (TPSA) is 69.2 Å². The second-order valence-corrected chi connectivity index (χ2v) is 2.65. The van der Waals surface area contributed by atoms with Crippen LogP contribution in [0.25, 0.3) is 0 Å². The second kappa shape index (κ2) is 3.37. The van der Waals surface area contributed by atoms with E-state index in [1.807, 2.05) is 0 Å². The van der Waals surface area contributed by atoms with E-state index >= 15 is 0 Å². The van der Waals surface area contributed by atoms with Crippen molar-refractivity contribution in [1.29, 1.82) is 0 Å². The Labute approximate surface area is 80.5 Å². The van der Waals surface area contributed by atoms with Crippen molar-refractivity contribution in [3.8, 4) is 0 Å². The van der Waals surface area contributed by atoms with Gasteiger partial charge in [-0.15, -0.1) is 0 Å². The van der Waals surface area contributed by atoms with Crippen LogP contribution in [0, 0.1) is 15.9 Å². The predicted molar refractivity (Wildman–Crippen MR) is 42.5 cm³/mol. The zero-order valence-electron chi connectivity index (χ0n) is 7.01. The van der Waals surface area contributed by atoms with E-state index in [2.05, 4.69) is 0 Å². The Balaban J connectivity index is 3.43. The van der Waals surface area contributed by atoms with Crippen molar-refractivity contribution < 1.29 is 22.5 Å². The van der Waals surface area contributed by atoms with E-state index < -0.39 is 33.9 Å². The van der Waals surface area contributed by atoms with Crippen LogP contribution in [-0.2, 0) is 6.18 Å². The van der Waals surface area contributed by atoms with Gasteiger partial charge in [-0.3, -0.25) is 10.1 Å². The molecule has 4 nitrogen and oxygen atoms in total. The molecule has 0 fully saturated rings. The fourth-order valence-corrected chi connectivity index (χ4v) is 0.928. The number of alkyl halides is 3. The van der Waals surface area contributed by atoms with Gasteiger partial charge >= 0.3 is 11.9 Å². The number of nitrogens with zero attached hydrogens (tertiary/aromatic N) is 1. The van der Waals surface area contributed by atoms with Crippen molar-refractivity contribution in [2.24, 2.45) is 0 Å². The van der Waals surface area contributed by atoms with Gasteiger partial charge in [0.25, 0.3) is 0 Å². The van der Waals surface area contributed by atoms with E-state index in [1.54, 1.807) is 0 Å². The first kappa shape index (κ1) is 11.2. The maximum absolute atomic E-state index is 12.9. The van der Waals surface area contributed by atoms with Crippen molar-refractivity contribution in [3.63, 3.8) is 0 Å². The minimum atomic E-state index is -4.80. The molecule has 0 aliphatic rings. The third-order valence-corrected chi connectivity index (χ3v) is 1.61. The summed E-state index contributed by atoms with van der Waals surface area (Å²) in [5.74, 6) is -1.46. The summed E-state index contributed by atoms with van der Waals surface area (Å²) in [6, 6.07) is 0.411. The zero-order valence-corrected chi connectivity index (χ0v) is 7.01. The van der Waals surface area contributed by atoms with Crippen LogP contribution in [0.2, 0.25) is 0 Å². The highest BCUT2D eigenvalue weighted by Gasteiger charge is 2.34. The van der Waals surface area contributed by atoms with E-state index in [-0.39, 0.29) is 6.07 Å². The first-order valence-electron chi connectivity index (χ1n) is 3.54. The Morgan fingerprint density at radius 3 is 2.27 bits per heavy atom. The predicted octanol–water partition coefficient (Wildman–Crippen LogP) is 2.33. The lowest BCUT2D eigenvalue weighted by Crippen LogP contribution is -2.08. The normalized spacial score (nSPS) is 11.5. The number of rotatable bonds is 1. The maximum atomic E-state index is 12.9. The van der Waals surface area contributed by atoms with Gasteiger partial charge in [-0.1, -0.05) is 0 Å². The lowest BCUT2D eigenvalue weighted by Gasteiger charge is -2.07. The quantitative estimate of drug-likeness (QED) is 0.344. The first-order valence-corrected chi connectivity index (χ1v) is 3.54. The van der Waals surface area contributed by atoms with Gasteiger partial charge in [-0.05, 0) is 6.07 Å². The van der Waals surface area contributed by atoms with Gasteiger partial charge in [0.15, 0.2) is 0 Å². The number of nitro benzene ring substituents is 1. The van der Waals surface area contributed by atoms with Crippen LogP contribution < -0.4 is 5.73 Å². The molecule has 0 spiro atoms. The third kappa shape index (κ3) is 2.14. The minimum Gasteiger partial charge on any atom is -0.396 e. The summed E-state index contributed by atoms with van der Waals surface area (Å²) in [5.41, 5.74) is 1.33. The highest BCUT2D eigenvalue weighted by molar-refractivity contribution is 5.53. The number of hydrogen-bond donors (Lipinski definition) is 1. The monoisotopic (exact) mass is 224 g/mol. The molecule has 0 radical (unpaired) electrons. The molecule has 0 unspecified atom stereocenters. The van der Waals surface area contributed by atoms with Gasteiger partial charge in [-0.2, -0.15) is 17.6 Å². The molecule has 0 aliphatic carbocycles. The van der Waals surface area contributed by atoms with Crippen molar-refractivity contribution in [2.75, 3.05) is 5.73 Å². The van der Waals surface area contributed by atoms with Crippen LogP contribution in [0.3, 0.4) is 0 Å². The smallest absolute Gasteiger partial charge is 0.396 e. The molecule has 82 valence electrons. The van der Waals surface area contributed by atoms with Crippen LogP contribution in [-0.4, -0.2) is 4.92 Å². The summed E-state index contributed by atoms with van der Waals surface area (Å²) in [6.45, 7) is 0. The summed E-state index contributed by atoms with van der Waals surface area (Å²) in [6.07, 6.45) is -4.80. The molecule has 8 heteroatoms. The van der Waals surface area contributed by atoms with Crippen LogP contribution in [0.15, 0.2) is 12.1 Å². The van der Waals surface area contributed by atoms with Crippen molar-refractivity contribution in [1.82, 2.24) is 0 Å². The summed E-state index contributed by atoms with van der Waals surface area (Å²) < 4.78 is 49.3. The summed E-state index contributed by atoms with van der Waals surface area (Å²) in [4.78, 5) is 8.93. The van der Waals surface area contributed by atoms with Gasteiger partial charge in [0.1, 0.15) is 0 Å². The van der Waals surface area contributed by atoms with Gasteiger partial charge in [0.05, 0.1) is 16.2 Å². The molecule has 0 amide bonds. The van der Waals surface area contributed by atoms with Crippen LogP contribution in [0.1, 0.15) is 5.56 Å². The van der Waals surface area contributed by atoms with Gasteiger partial charge in [0, 0.05) is 6.07 Å². The van der Waals surface area contributed by atoms with E-state index in [9.17, 15) is 27.7 Å². The van der Waals surface area contributed by atoms with Crippen LogP contribution in [0.5, 0.6) is 0 Å². The van der Waals surface area contributed by atoms with Crippen molar-refractivity contribution in [2.45, 2.75) is 6.18 Å². The lowest BCUT2D eigenvalue weighted by molar-refractivity contribution is -0.387. The molecule has 0 heterocycles. The largest absolute Gasteiger partial charge is 0.416 e. The minimum absolute atomic E-state index is 0.103. The Hall–Kier alpha value is -1.86. The zero-order chi connectivity index (χ0) is 11.8. The molecule has 0 saturated carbocycles. The summed E-state index contributed by atoms with van der Waals surface area (Å²) in [5, 5.41) is 10.2. The molecule has 1 rings (SSSR count). The molecular formula is C7H4F4N2O2. The van der Waals surface area contributed by atoms with Gasteiger partial charge in [-0.25, -0.2) is 0 Å². The van der Waals surface area contributed by atoms with Crippen LogP contribution >= 0.6 is 0 Å². The first-order chi connectivity index (χ1) is 6.73. The molecule has 2 N–H and O–H groups in total. The maximum Gasteiger partial charge on any atom is 0.416 e. The molecule has 0 aliphatic heterocycles. The Morgan fingerprint density at radius 1 is 1.33 bits per heavy atom. The van der Waals surface area contributed by atoms with Crippen LogP contribution in [0.4, 0.5) is 28.9 Å². The molecule has 0 saturated heterocycles. The summed E-state index contributed by atoms with van der Waals surface area (Å²) in [7, 11) is 0. The van der Waals surface area contributed by atoms with Crippen molar-refractivity contribution >= 4 is 11.4 Å². The lowest BCUT2D eigenvalue weighted by atomic mass is 10.1. The molecular weight excluding hydrogens is 220 g/mol. The molecule has 1 aromatic rings. The number of halogens is 4. The van der Waals surface area contributed by atoms with E-state index in [0.717, 1.165) is 0 Å². The highest BCUT2D eigenvalue weighted by Crippen LogP contribution is 2.35. The highest BCUT2D eigenvalue weighted by atomic mass is 19.4. The van der Waals surface area contributed by atoms with Crippen molar-refractivity contribution in [3.05, 3.63) is 33.6 Å². The second-order valence-electron chi connectivity index (χ2n) is 2.65. The van der Waals surface area contributed by atoms with E-state index in [4.69, 9.17) is 5.73 Å². The van der Waals surface area contributed by atoms with Gasteiger partial charge in [0.2, 0.25) is 5.82 Å². The van der Waals surface area contributed by atoms with E-state index in [1.165, 1.54) is 0 Å². The Bertz CT molecular complexity index is 416. The number of benzene rings is 1. The Morgan fingerprint density at radius 2 is 1.87 bits per heavy atom. The van der Waals surface area contributed by atoms with E-state index in [0.29, 0.717) is 6.07 Å². The molecule has 0 bridgehead atoms. The number of nitrogens with two attached hydrogens (primary N) is 1. The Kier molecular flexibility index (Phi) is 2.52. The fraction of sp³-hybridized carbons (Fsp3) is 0.143. The number of hydrogen-bond acceptors (Lipinski definition) is 3. The average molecular weight is 224 g/mol. The third-order valence-electron chi connectivity index (χ3n) is 1.61. The standard InChI is InChI=1S/C7H4F4N2O2/c8-6-4(12)1-3(7(9,10)11)2-5(6)13(14)15/h1-2H,12H2. The summed E-state index contributed by atoms with van der Waals surface area (Å²) >= 11 is 0.